The van der Waals surface area contributed by atoms with Crippen molar-refractivity contribution in [2.75, 3.05) is 26.2 Å². The van der Waals surface area contributed by atoms with Crippen molar-refractivity contribution in [1.29, 1.82) is 5.26 Å². The number of amides is 1. The zero-order valence-corrected chi connectivity index (χ0v) is 10.2. The number of hydrogen-bond donors (Lipinski definition) is 1. The second kappa shape index (κ2) is 6.49. The number of hydrogen-bond acceptors (Lipinski definition) is 3. The van der Waals surface area contributed by atoms with Gasteiger partial charge in [0.1, 0.15) is 0 Å². The van der Waals surface area contributed by atoms with E-state index in [1.54, 1.807) is 0 Å². The van der Waals surface area contributed by atoms with Crippen molar-refractivity contribution in [2.24, 2.45) is 11.8 Å². The number of nitrogens with one attached hydrogen (secondary N) is 1. The normalized spacial score (nSPS) is 18.8. The van der Waals surface area contributed by atoms with E-state index in [1.165, 1.54) is 0 Å². The third kappa shape index (κ3) is 3.49. The van der Waals surface area contributed by atoms with Crippen LogP contribution in [0.1, 0.15) is 26.7 Å². The van der Waals surface area contributed by atoms with E-state index >= 15 is 0 Å². The molecule has 1 unspecified atom stereocenters. The second-order valence-corrected chi connectivity index (χ2v) is 4.43. The summed E-state index contributed by atoms with van der Waals surface area (Å²) < 4.78 is 0. The molecular weight excluding hydrogens is 202 g/mol. The van der Waals surface area contributed by atoms with Gasteiger partial charge in [-0.3, -0.25) is 4.79 Å². The molecule has 1 aliphatic heterocycles. The second-order valence-electron chi connectivity index (χ2n) is 4.43. The van der Waals surface area contributed by atoms with Gasteiger partial charge in [0.25, 0.3) is 0 Å². The first-order valence-electron chi connectivity index (χ1n) is 6.08. The van der Waals surface area contributed by atoms with E-state index in [0.29, 0.717) is 13.1 Å². The molecule has 0 aromatic heterocycles. The molecule has 0 aromatic carbocycles. The molecule has 1 amide bonds. The molecule has 0 saturated carbocycles. The van der Waals surface area contributed by atoms with Gasteiger partial charge >= 0.3 is 0 Å². The van der Waals surface area contributed by atoms with E-state index in [-0.39, 0.29) is 17.7 Å². The van der Waals surface area contributed by atoms with Crippen molar-refractivity contribution >= 4 is 5.91 Å². The number of nitrogens with zero attached hydrogens (tertiary/aromatic N) is 2. The first-order valence-corrected chi connectivity index (χ1v) is 6.08. The fourth-order valence-corrected chi connectivity index (χ4v) is 2.07. The minimum absolute atomic E-state index is 0.0781. The largest absolute Gasteiger partial charge is 0.341 e. The SMILES string of the molecule is CCN(CC(C)C#N)C(=O)C1CCNCC1. The topological polar surface area (TPSA) is 56.1 Å². The monoisotopic (exact) mass is 223 g/mol. The van der Waals surface area contributed by atoms with Gasteiger partial charge in [0, 0.05) is 19.0 Å². The number of carbonyl (C=O) groups excluding carboxylic acids is 1. The van der Waals surface area contributed by atoms with Gasteiger partial charge in [0.2, 0.25) is 5.91 Å². The quantitative estimate of drug-likeness (QED) is 0.773. The van der Waals surface area contributed by atoms with Gasteiger partial charge in [-0.25, -0.2) is 0 Å². The third-order valence-electron chi connectivity index (χ3n) is 3.10. The Kier molecular flexibility index (Phi) is 5.27. The summed E-state index contributed by atoms with van der Waals surface area (Å²) in [5.41, 5.74) is 0. The van der Waals surface area contributed by atoms with E-state index in [0.717, 1.165) is 25.9 Å². The first-order chi connectivity index (χ1) is 7.69. The summed E-state index contributed by atoms with van der Waals surface area (Å²) in [7, 11) is 0. The van der Waals surface area contributed by atoms with Crippen LogP contribution in [0.2, 0.25) is 0 Å². The molecule has 1 fully saturated rings. The number of piperidine rings is 1. The predicted molar refractivity (Wildman–Crippen MR) is 62.6 cm³/mol. The number of carbonyl (C=O) groups is 1. The first kappa shape index (κ1) is 13.0. The maximum atomic E-state index is 12.2. The molecule has 1 saturated heterocycles. The Labute approximate surface area is 97.6 Å². The molecular formula is C12H21N3O. The van der Waals surface area contributed by atoms with Crippen molar-refractivity contribution in [1.82, 2.24) is 10.2 Å². The summed E-state index contributed by atoms with van der Waals surface area (Å²) in [6, 6.07) is 2.18. The Balaban J connectivity index is 2.51. The van der Waals surface area contributed by atoms with Crippen LogP contribution in [0.25, 0.3) is 0 Å². The van der Waals surface area contributed by atoms with Gasteiger partial charge < -0.3 is 10.2 Å². The molecule has 0 spiro atoms. The van der Waals surface area contributed by atoms with Crippen LogP contribution in [-0.2, 0) is 4.79 Å². The molecule has 1 aliphatic rings. The van der Waals surface area contributed by atoms with E-state index in [2.05, 4.69) is 11.4 Å². The van der Waals surface area contributed by atoms with Crippen molar-refractivity contribution in [3.8, 4) is 6.07 Å². The lowest BCUT2D eigenvalue weighted by Crippen LogP contribution is -2.42. The van der Waals surface area contributed by atoms with Crippen molar-refractivity contribution in [3.63, 3.8) is 0 Å². The van der Waals surface area contributed by atoms with Crippen LogP contribution < -0.4 is 5.32 Å². The van der Waals surface area contributed by atoms with Crippen molar-refractivity contribution < 1.29 is 4.79 Å². The third-order valence-corrected chi connectivity index (χ3v) is 3.10. The van der Waals surface area contributed by atoms with Gasteiger partial charge in [0.05, 0.1) is 12.0 Å². The average molecular weight is 223 g/mol. The molecule has 0 bridgehead atoms. The minimum atomic E-state index is -0.0781. The van der Waals surface area contributed by atoms with E-state index < -0.39 is 0 Å². The maximum Gasteiger partial charge on any atom is 0.225 e. The smallest absolute Gasteiger partial charge is 0.225 e. The maximum absolute atomic E-state index is 12.2. The lowest BCUT2D eigenvalue weighted by Gasteiger charge is -2.29. The highest BCUT2D eigenvalue weighted by atomic mass is 16.2. The van der Waals surface area contributed by atoms with Gasteiger partial charge in [0.15, 0.2) is 0 Å². The zero-order chi connectivity index (χ0) is 12.0. The van der Waals surface area contributed by atoms with Crippen LogP contribution in [-0.4, -0.2) is 37.0 Å². The van der Waals surface area contributed by atoms with E-state index in [1.807, 2.05) is 18.7 Å². The summed E-state index contributed by atoms with van der Waals surface area (Å²) in [6.07, 6.45) is 1.85. The molecule has 1 atom stereocenters. The van der Waals surface area contributed by atoms with Crippen LogP contribution in [0.5, 0.6) is 0 Å². The molecule has 4 nitrogen and oxygen atoms in total. The van der Waals surface area contributed by atoms with E-state index in [9.17, 15) is 4.79 Å². The molecule has 0 aliphatic carbocycles. The summed E-state index contributed by atoms with van der Waals surface area (Å²) in [5.74, 6) is 0.309. The molecule has 1 heterocycles. The molecule has 4 heteroatoms. The summed E-state index contributed by atoms with van der Waals surface area (Å²) in [6.45, 7) is 6.97. The Hall–Kier alpha value is -1.08. The summed E-state index contributed by atoms with van der Waals surface area (Å²) in [4.78, 5) is 14.0. The lowest BCUT2D eigenvalue weighted by atomic mass is 9.96. The Morgan fingerprint density at radius 2 is 2.19 bits per heavy atom. The highest BCUT2D eigenvalue weighted by molar-refractivity contribution is 5.79. The van der Waals surface area contributed by atoms with Gasteiger partial charge in [-0.1, -0.05) is 0 Å². The highest BCUT2D eigenvalue weighted by Crippen LogP contribution is 2.15. The Morgan fingerprint density at radius 1 is 1.56 bits per heavy atom. The summed E-state index contributed by atoms with van der Waals surface area (Å²) in [5, 5.41) is 12.0. The minimum Gasteiger partial charge on any atom is -0.341 e. The van der Waals surface area contributed by atoms with Gasteiger partial charge in [-0.05, 0) is 39.8 Å². The zero-order valence-electron chi connectivity index (χ0n) is 10.2. The van der Waals surface area contributed by atoms with Crippen LogP contribution in [0, 0.1) is 23.2 Å². The molecule has 1 rings (SSSR count). The van der Waals surface area contributed by atoms with E-state index in [4.69, 9.17) is 5.26 Å². The molecule has 0 radical (unpaired) electrons. The molecule has 90 valence electrons. The van der Waals surface area contributed by atoms with Crippen LogP contribution >= 0.6 is 0 Å². The average Bonchev–Trinajstić information content (AvgIpc) is 2.35. The number of rotatable bonds is 4. The van der Waals surface area contributed by atoms with Gasteiger partial charge in [-0.2, -0.15) is 5.26 Å². The standard InChI is InChI=1S/C12H21N3O/c1-3-15(9-10(2)8-13)12(16)11-4-6-14-7-5-11/h10-11,14H,3-7,9H2,1-2H3. The Morgan fingerprint density at radius 3 is 2.69 bits per heavy atom. The molecule has 1 N–H and O–H groups in total. The van der Waals surface area contributed by atoms with Crippen LogP contribution in [0.3, 0.4) is 0 Å². The fraction of sp³-hybridized carbons (Fsp3) is 0.833. The van der Waals surface area contributed by atoms with Crippen LogP contribution in [0.15, 0.2) is 0 Å². The van der Waals surface area contributed by atoms with Crippen LogP contribution in [0.4, 0.5) is 0 Å². The highest BCUT2D eigenvalue weighted by Gasteiger charge is 2.25. The van der Waals surface area contributed by atoms with Crippen molar-refractivity contribution in [3.05, 3.63) is 0 Å². The molecule has 16 heavy (non-hydrogen) atoms. The lowest BCUT2D eigenvalue weighted by molar-refractivity contribution is -0.136. The predicted octanol–water partition coefficient (Wildman–Crippen LogP) is 0.994. The van der Waals surface area contributed by atoms with Crippen molar-refractivity contribution in [2.45, 2.75) is 26.7 Å². The summed E-state index contributed by atoms with van der Waals surface area (Å²) >= 11 is 0. The Bertz CT molecular complexity index is 266. The van der Waals surface area contributed by atoms with Gasteiger partial charge in [-0.15, -0.1) is 0 Å². The fourth-order valence-electron chi connectivity index (χ4n) is 2.07. The molecule has 0 aromatic rings. The number of nitriles is 1.